The zero-order valence-corrected chi connectivity index (χ0v) is 12.0. The summed E-state index contributed by atoms with van der Waals surface area (Å²) in [6, 6.07) is 14.6. The first-order valence-corrected chi connectivity index (χ1v) is 6.89. The number of aromatic nitrogens is 1. The van der Waals surface area contributed by atoms with Crippen molar-refractivity contribution in [2.75, 3.05) is 6.54 Å². The van der Waals surface area contributed by atoms with Gasteiger partial charge in [-0.15, -0.1) is 0 Å². The Kier molecular flexibility index (Phi) is 4.69. The first-order valence-electron chi connectivity index (χ1n) is 6.89. The van der Waals surface area contributed by atoms with Gasteiger partial charge in [0.2, 0.25) is 0 Å². The molecular weight excluding hydrogens is 232 g/mol. The van der Waals surface area contributed by atoms with Crippen molar-refractivity contribution >= 4 is 0 Å². The van der Waals surface area contributed by atoms with E-state index in [2.05, 4.69) is 50.4 Å². The van der Waals surface area contributed by atoms with Crippen LogP contribution in [-0.4, -0.2) is 11.5 Å². The first kappa shape index (κ1) is 13.8. The van der Waals surface area contributed by atoms with Crippen molar-refractivity contribution in [2.24, 2.45) is 5.92 Å². The second kappa shape index (κ2) is 6.48. The average Bonchev–Trinajstić information content (AvgIpc) is 2.41. The first-order chi connectivity index (χ1) is 9.16. The van der Waals surface area contributed by atoms with Gasteiger partial charge in [0.1, 0.15) is 0 Å². The predicted molar refractivity (Wildman–Crippen MR) is 81.0 cm³/mol. The van der Waals surface area contributed by atoms with Crippen LogP contribution >= 0.6 is 0 Å². The average molecular weight is 254 g/mol. The highest BCUT2D eigenvalue weighted by Crippen LogP contribution is 2.18. The standard InChI is InChI=1S/C17H22N2/c1-13(2)11-18-12-16-9-10-17(19-14(16)3)15-7-5-4-6-8-15/h4-10,13,18H,11-12H2,1-3H3. The van der Waals surface area contributed by atoms with E-state index in [0.717, 1.165) is 24.5 Å². The van der Waals surface area contributed by atoms with Crippen LogP contribution in [0.25, 0.3) is 11.3 Å². The number of nitrogens with zero attached hydrogens (tertiary/aromatic N) is 1. The predicted octanol–water partition coefficient (Wildman–Crippen LogP) is 3.80. The van der Waals surface area contributed by atoms with E-state index in [1.165, 1.54) is 11.1 Å². The van der Waals surface area contributed by atoms with Crippen LogP contribution in [0, 0.1) is 12.8 Å². The fourth-order valence-corrected chi connectivity index (χ4v) is 2.04. The Bertz CT molecular complexity index is 518. The lowest BCUT2D eigenvalue weighted by molar-refractivity contribution is 0.551. The van der Waals surface area contributed by atoms with Gasteiger partial charge in [0, 0.05) is 17.8 Å². The lowest BCUT2D eigenvalue weighted by Crippen LogP contribution is -2.19. The molecule has 0 amide bonds. The van der Waals surface area contributed by atoms with Gasteiger partial charge in [-0.25, -0.2) is 0 Å². The Morgan fingerprint density at radius 2 is 1.79 bits per heavy atom. The van der Waals surface area contributed by atoms with E-state index in [-0.39, 0.29) is 0 Å². The van der Waals surface area contributed by atoms with Gasteiger partial charge in [0.05, 0.1) is 5.69 Å². The number of hydrogen-bond acceptors (Lipinski definition) is 2. The molecule has 1 N–H and O–H groups in total. The van der Waals surface area contributed by atoms with Gasteiger partial charge in [0.15, 0.2) is 0 Å². The molecule has 2 aromatic rings. The molecular formula is C17H22N2. The molecule has 0 aliphatic rings. The summed E-state index contributed by atoms with van der Waals surface area (Å²) in [4.78, 5) is 4.70. The number of aryl methyl sites for hydroxylation is 1. The summed E-state index contributed by atoms with van der Waals surface area (Å²) >= 11 is 0. The lowest BCUT2D eigenvalue weighted by atomic mass is 10.1. The van der Waals surface area contributed by atoms with Crippen molar-refractivity contribution in [3.05, 3.63) is 53.7 Å². The summed E-state index contributed by atoms with van der Waals surface area (Å²) in [5.41, 5.74) is 4.61. The van der Waals surface area contributed by atoms with Crippen molar-refractivity contribution in [3.63, 3.8) is 0 Å². The molecule has 2 rings (SSSR count). The van der Waals surface area contributed by atoms with Gasteiger partial charge in [0.25, 0.3) is 0 Å². The summed E-state index contributed by atoms with van der Waals surface area (Å²) in [6.45, 7) is 8.46. The monoisotopic (exact) mass is 254 g/mol. The topological polar surface area (TPSA) is 24.9 Å². The van der Waals surface area contributed by atoms with E-state index < -0.39 is 0 Å². The van der Waals surface area contributed by atoms with Crippen LogP contribution < -0.4 is 5.32 Å². The van der Waals surface area contributed by atoms with Gasteiger partial charge in [-0.3, -0.25) is 4.98 Å². The molecule has 100 valence electrons. The molecule has 0 aliphatic heterocycles. The van der Waals surface area contributed by atoms with Crippen LogP contribution in [0.2, 0.25) is 0 Å². The molecule has 0 atom stereocenters. The maximum Gasteiger partial charge on any atom is 0.0705 e. The summed E-state index contributed by atoms with van der Waals surface area (Å²) in [6.07, 6.45) is 0. The quantitative estimate of drug-likeness (QED) is 0.877. The van der Waals surface area contributed by atoms with Gasteiger partial charge < -0.3 is 5.32 Å². The highest BCUT2D eigenvalue weighted by atomic mass is 14.9. The zero-order chi connectivity index (χ0) is 13.7. The van der Waals surface area contributed by atoms with Crippen LogP contribution in [-0.2, 0) is 6.54 Å². The molecule has 0 unspecified atom stereocenters. The van der Waals surface area contributed by atoms with E-state index in [0.29, 0.717) is 5.92 Å². The van der Waals surface area contributed by atoms with Crippen LogP contribution in [0.15, 0.2) is 42.5 Å². The summed E-state index contributed by atoms with van der Waals surface area (Å²) < 4.78 is 0. The number of rotatable bonds is 5. The van der Waals surface area contributed by atoms with Crippen molar-refractivity contribution in [2.45, 2.75) is 27.3 Å². The minimum atomic E-state index is 0.678. The molecule has 0 saturated carbocycles. The summed E-state index contributed by atoms with van der Waals surface area (Å²) in [5.74, 6) is 0.678. The molecule has 1 aromatic heterocycles. The largest absolute Gasteiger partial charge is 0.312 e. The van der Waals surface area contributed by atoms with E-state index >= 15 is 0 Å². The molecule has 0 aliphatic carbocycles. The van der Waals surface area contributed by atoms with Crippen molar-refractivity contribution in [3.8, 4) is 11.3 Å². The maximum absolute atomic E-state index is 4.70. The third kappa shape index (κ3) is 3.90. The van der Waals surface area contributed by atoms with Crippen LogP contribution in [0.1, 0.15) is 25.1 Å². The molecule has 1 aromatic carbocycles. The Balaban J connectivity index is 2.09. The van der Waals surface area contributed by atoms with Gasteiger partial charge in [-0.1, -0.05) is 50.2 Å². The normalized spacial score (nSPS) is 10.9. The highest BCUT2D eigenvalue weighted by molar-refractivity contribution is 5.59. The third-order valence-electron chi connectivity index (χ3n) is 3.13. The highest BCUT2D eigenvalue weighted by Gasteiger charge is 2.04. The Labute approximate surface area is 115 Å². The summed E-state index contributed by atoms with van der Waals surface area (Å²) in [7, 11) is 0. The number of hydrogen-bond donors (Lipinski definition) is 1. The minimum absolute atomic E-state index is 0.678. The molecule has 1 heterocycles. The molecule has 0 bridgehead atoms. The fourth-order valence-electron chi connectivity index (χ4n) is 2.04. The molecule has 19 heavy (non-hydrogen) atoms. The second-order valence-electron chi connectivity index (χ2n) is 5.33. The van der Waals surface area contributed by atoms with Gasteiger partial charge in [-0.05, 0) is 31.0 Å². The Hall–Kier alpha value is -1.67. The van der Waals surface area contributed by atoms with E-state index in [1.54, 1.807) is 0 Å². The number of nitrogens with one attached hydrogen (secondary N) is 1. The Morgan fingerprint density at radius 3 is 2.42 bits per heavy atom. The van der Waals surface area contributed by atoms with Crippen LogP contribution in [0.3, 0.4) is 0 Å². The molecule has 0 radical (unpaired) electrons. The van der Waals surface area contributed by atoms with Crippen molar-refractivity contribution < 1.29 is 0 Å². The maximum atomic E-state index is 4.70. The second-order valence-corrected chi connectivity index (χ2v) is 5.33. The van der Waals surface area contributed by atoms with Crippen molar-refractivity contribution in [1.82, 2.24) is 10.3 Å². The Morgan fingerprint density at radius 1 is 1.05 bits per heavy atom. The lowest BCUT2D eigenvalue weighted by Gasteiger charge is -2.10. The van der Waals surface area contributed by atoms with Crippen LogP contribution in [0.5, 0.6) is 0 Å². The van der Waals surface area contributed by atoms with Gasteiger partial charge >= 0.3 is 0 Å². The molecule has 2 nitrogen and oxygen atoms in total. The van der Waals surface area contributed by atoms with E-state index in [4.69, 9.17) is 4.98 Å². The van der Waals surface area contributed by atoms with Gasteiger partial charge in [-0.2, -0.15) is 0 Å². The molecule has 2 heteroatoms. The smallest absolute Gasteiger partial charge is 0.0705 e. The SMILES string of the molecule is Cc1nc(-c2ccccc2)ccc1CNCC(C)C. The van der Waals surface area contributed by atoms with Crippen LogP contribution in [0.4, 0.5) is 0 Å². The molecule has 0 spiro atoms. The summed E-state index contributed by atoms with van der Waals surface area (Å²) in [5, 5.41) is 3.46. The number of benzene rings is 1. The molecule has 0 fully saturated rings. The van der Waals surface area contributed by atoms with Crippen molar-refractivity contribution in [1.29, 1.82) is 0 Å². The zero-order valence-electron chi connectivity index (χ0n) is 12.0. The molecule has 0 saturated heterocycles. The number of pyridine rings is 1. The fraction of sp³-hybridized carbons (Fsp3) is 0.353. The third-order valence-corrected chi connectivity index (χ3v) is 3.13. The minimum Gasteiger partial charge on any atom is -0.312 e. The van der Waals surface area contributed by atoms with E-state index in [1.807, 2.05) is 18.2 Å². The van der Waals surface area contributed by atoms with E-state index in [9.17, 15) is 0 Å².